The summed E-state index contributed by atoms with van der Waals surface area (Å²) in [4.78, 5) is 4.86. The third-order valence-corrected chi connectivity index (χ3v) is 5.38. The lowest BCUT2D eigenvalue weighted by atomic mass is 10.1. The Morgan fingerprint density at radius 3 is 2.84 bits per heavy atom. The smallest absolute Gasteiger partial charge is 0.137 e. The SMILES string of the molecule is CNC1CCCN(Cc2ccc(OCCN3CCOCC3)c(Cl)c2)C1. The summed E-state index contributed by atoms with van der Waals surface area (Å²) in [5.41, 5.74) is 1.25. The Hall–Kier alpha value is -0.850. The molecule has 0 aromatic heterocycles. The van der Waals surface area contributed by atoms with E-state index in [2.05, 4.69) is 27.2 Å². The zero-order valence-corrected chi connectivity index (χ0v) is 15.9. The van der Waals surface area contributed by atoms with Gasteiger partial charge in [-0.05, 0) is 44.1 Å². The van der Waals surface area contributed by atoms with E-state index in [1.807, 2.05) is 13.1 Å². The van der Waals surface area contributed by atoms with Gasteiger partial charge in [0.25, 0.3) is 0 Å². The largest absolute Gasteiger partial charge is 0.491 e. The van der Waals surface area contributed by atoms with Gasteiger partial charge in [0.15, 0.2) is 0 Å². The van der Waals surface area contributed by atoms with E-state index in [4.69, 9.17) is 21.1 Å². The summed E-state index contributed by atoms with van der Waals surface area (Å²) in [6.07, 6.45) is 2.52. The maximum absolute atomic E-state index is 6.44. The van der Waals surface area contributed by atoms with Crippen molar-refractivity contribution in [2.45, 2.75) is 25.4 Å². The summed E-state index contributed by atoms with van der Waals surface area (Å²) in [6.45, 7) is 8.40. The van der Waals surface area contributed by atoms with Gasteiger partial charge in [-0.3, -0.25) is 9.80 Å². The van der Waals surface area contributed by atoms with E-state index < -0.39 is 0 Å². The van der Waals surface area contributed by atoms with Gasteiger partial charge in [0.1, 0.15) is 12.4 Å². The van der Waals surface area contributed by atoms with Crippen molar-refractivity contribution in [3.8, 4) is 5.75 Å². The molecule has 2 heterocycles. The van der Waals surface area contributed by atoms with Crippen LogP contribution in [0.25, 0.3) is 0 Å². The summed E-state index contributed by atoms with van der Waals surface area (Å²) in [5.74, 6) is 0.783. The number of halogens is 1. The van der Waals surface area contributed by atoms with E-state index in [9.17, 15) is 0 Å². The third kappa shape index (κ3) is 5.83. The molecule has 2 fully saturated rings. The highest BCUT2D eigenvalue weighted by Gasteiger charge is 2.18. The van der Waals surface area contributed by atoms with E-state index in [1.54, 1.807) is 0 Å². The zero-order valence-electron chi connectivity index (χ0n) is 15.2. The molecule has 1 unspecified atom stereocenters. The second-order valence-corrected chi connectivity index (χ2v) is 7.34. The molecule has 140 valence electrons. The fourth-order valence-electron chi connectivity index (χ4n) is 3.56. The lowest BCUT2D eigenvalue weighted by Gasteiger charge is -2.32. The molecule has 0 bridgehead atoms. The summed E-state index contributed by atoms with van der Waals surface area (Å²) < 4.78 is 11.2. The molecule has 6 heteroatoms. The van der Waals surface area contributed by atoms with Gasteiger partial charge in [-0.1, -0.05) is 17.7 Å². The number of nitrogens with zero attached hydrogens (tertiary/aromatic N) is 2. The minimum Gasteiger partial charge on any atom is -0.491 e. The van der Waals surface area contributed by atoms with Crippen LogP contribution in [0.4, 0.5) is 0 Å². The topological polar surface area (TPSA) is 37.0 Å². The first-order valence-corrected chi connectivity index (χ1v) is 9.73. The molecule has 3 rings (SSSR count). The standard InChI is InChI=1S/C19H30ClN3O2/c1-21-17-3-2-6-23(15-17)14-16-4-5-19(18(20)13-16)25-12-9-22-7-10-24-11-8-22/h4-5,13,17,21H,2-3,6-12,14-15H2,1H3. The second-order valence-electron chi connectivity index (χ2n) is 6.93. The number of ether oxygens (including phenoxy) is 2. The van der Waals surface area contributed by atoms with Crippen LogP contribution in [0, 0.1) is 0 Å². The van der Waals surface area contributed by atoms with Crippen molar-refractivity contribution in [3.63, 3.8) is 0 Å². The molecule has 25 heavy (non-hydrogen) atoms. The average Bonchev–Trinajstić information content (AvgIpc) is 2.64. The lowest BCUT2D eigenvalue weighted by Crippen LogP contribution is -2.43. The molecule has 1 N–H and O–H groups in total. The van der Waals surface area contributed by atoms with E-state index in [0.29, 0.717) is 17.7 Å². The fraction of sp³-hybridized carbons (Fsp3) is 0.684. The molecule has 0 saturated carbocycles. The first-order valence-electron chi connectivity index (χ1n) is 9.35. The van der Waals surface area contributed by atoms with E-state index in [0.717, 1.165) is 58.2 Å². The van der Waals surface area contributed by atoms with Crippen molar-refractivity contribution in [2.75, 3.05) is 59.6 Å². The number of likely N-dealkylation sites (tertiary alicyclic amines) is 1. The highest BCUT2D eigenvalue weighted by atomic mass is 35.5. The average molecular weight is 368 g/mol. The zero-order chi connectivity index (χ0) is 17.5. The molecule has 1 aromatic rings. The number of hydrogen-bond donors (Lipinski definition) is 1. The Balaban J connectivity index is 1.46. The van der Waals surface area contributed by atoms with Crippen LogP contribution in [0.5, 0.6) is 5.75 Å². The minimum absolute atomic E-state index is 0.604. The predicted molar refractivity (Wildman–Crippen MR) is 102 cm³/mol. The van der Waals surface area contributed by atoms with Gasteiger partial charge in [0.2, 0.25) is 0 Å². The number of hydrogen-bond acceptors (Lipinski definition) is 5. The quantitative estimate of drug-likeness (QED) is 0.799. The lowest BCUT2D eigenvalue weighted by molar-refractivity contribution is 0.0322. The minimum atomic E-state index is 0.604. The van der Waals surface area contributed by atoms with Crippen LogP contribution in [0.1, 0.15) is 18.4 Å². The highest BCUT2D eigenvalue weighted by Crippen LogP contribution is 2.26. The molecule has 1 aromatic carbocycles. The molecule has 1 atom stereocenters. The van der Waals surface area contributed by atoms with Crippen LogP contribution < -0.4 is 10.1 Å². The number of rotatable bonds is 7. The molecular formula is C19H30ClN3O2. The van der Waals surface area contributed by atoms with Gasteiger partial charge >= 0.3 is 0 Å². The number of piperidine rings is 1. The Bertz CT molecular complexity index is 537. The van der Waals surface area contributed by atoms with Crippen LogP contribution in [0.3, 0.4) is 0 Å². The van der Waals surface area contributed by atoms with Crippen molar-refractivity contribution in [2.24, 2.45) is 0 Å². The Morgan fingerprint density at radius 2 is 2.08 bits per heavy atom. The molecule has 2 aliphatic rings. The van der Waals surface area contributed by atoms with Crippen LogP contribution in [-0.2, 0) is 11.3 Å². The van der Waals surface area contributed by atoms with Gasteiger partial charge in [0.05, 0.1) is 18.2 Å². The first kappa shape index (κ1) is 18.9. The molecule has 0 spiro atoms. The second kappa shape index (κ2) is 9.74. The highest BCUT2D eigenvalue weighted by molar-refractivity contribution is 6.32. The van der Waals surface area contributed by atoms with Crippen LogP contribution in [0.2, 0.25) is 5.02 Å². The van der Waals surface area contributed by atoms with Gasteiger partial charge in [-0.25, -0.2) is 0 Å². The van der Waals surface area contributed by atoms with Crippen LogP contribution >= 0.6 is 11.6 Å². The molecule has 0 amide bonds. The summed E-state index contributed by atoms with van der Waals surface area (Å²) in [7, 11) is 2.05. The molecule has 2 aliphatic heterocycles. The maximum Gasteiger partial charge on any atom is 0.137 e. The van der Waals surface area contributed by atoms with E-state index >= 15 is 0 Å². The molecule has 5 nitrogen and oxygen atoms in total. The van der Waals surface area contributed by atoms with Gasteiger partial charge in [0, 0.05) is 38.8 Å². The van der Waals surface area contributed by atoms with Crippen LogP contribution in [-0.4, -0.2) is 75.4 Å². The molecule has 2 saturated heterocycles. The summed E-state index contributed by atoms with van der Waals surface area (Å²) in [5, 5.41) is 4.10. The van der Waals surface area contributed by atoms with Gasteiger partial charge in [-0.15, -0.1) is 0 Å². The number of benzene rings is 1. The van der Waals surface area contributed by atoms with Crippen molar-refractivity contribution < 1.29 is 9.47 Å². The first-order chi connectivity index (χ1) is 12.2. The van der Waals surface area contributed by atoms with Crippen LogP contribution in [0.15, 0.2) is 18.2 Å². The Kier molecular flexibility index (Phi) is 7.37. The van der Waals surface area contributed by atoms with Crippen molar-refractivity contribution in [1.29, 1.82) is 0 Å². The molecule has 0 radical (unpaired) electrons. The number of morpholine rings is 1. The number of nitrogens with one attached hydrogen (secondary N) is 1. The van der Waals surface area contributed by atoms with E-state index in [-0.39, 0.29) is 0 Å². The number of likely N-dealkylation sites (N-methyl/N-ethyl adjacent to an activating group) is 1. The third-order valence-electron chi connectivity index (χ3n) is 5.09. The Morgan fingerprint density at radius 1 is 1.24 bits per heavy atom. The predicted octanol–water partition coefficient (Wildman–Crippen LogP) is 2.23. The van der Waals surface area contributed by atoms with Gasteiger partial charge in [-0.2, -0.15) is 0 Å². The van der Waals surface area contributed by atoms with Gasteiger partial charge < -0.3 is 14.8 Å². The van der Waals surface area contributed by atoms with Crippen molar-refractivity contribution in [3.05, 3.63) is 28.8 Å². The van der Waals surface area contributed by atoms with Crippen molar-refractivity contribution >= 4 is 11.6 Å². The van der Waals surface area contributed by atoms with Crippen molar-refractivity contribution in [1.82, 2.24) is 15.1 Å². The normalized spacial score (nSPS) is 22.9. The fourth-order valence-corrected chi connectivity index (χ4v) is 3.82. The van der Waals surface area contributed by atoms with E-state index in [1.165, 1.54) is 18.4 Å². The summed E-state index contributed by atoms with van der Waals surface area (Å²) in [6, 6.07) is 6.80. The maximum atomic E-state index is 6.44. The Labute approximate surface area is 156 Å². The monoisotopic (exact) mass is 367 g/mol. The summed E-state index contributed by atoms with van der Waals surface area (Å²) >= 11 is 6.44. The molecular weight excluding hydrogens is 338 g/mol. The molecule has 0 aliphatic carbocycles.